The molecule has 1 amide bonds. The van der Waals surface area contributed by atoms with Gasteiger partial charge in [-0.25, -0.2) is 8.78 Å². The third kappa shape index (κ3) is 4.44. The maximum atomic E-state index is 13.0. The minimum atomic E-state index is -0.911. The van der Waals surface area contributed by atoms with Crippen LogP contribution in [0.25, 0.3) is 0 Å². The van der Waals surface area contributed by atoms with E-state index in [0.717, 1.165) is 12.1 Å². The van der Waals surface area contributed by atoms with E-state index in [0.29, 0.717) is 5.56 Å². The third-order valence-electron chi connectivity index (χ3n) is 2.84. The summed E-state index contributed by atoms with van der Waals surface area (Å²) in [5.74, 6) is -1.93. The van der Waals surface area contributed by atoms with Crippen molar-refractivity contribution in [1.29, 1.82) is 0 Å². The molecule has 6 heteroatoms. The summed E-state index contributed by atoms with van der Waals surface area (Å²) in [7, 11) is 1.61. The zero-order chi connectivity index (χ0) is 13.9. The Balaban J connectivity index is 0.00000324. The van der Waals surface area contributed by atoms with Crippen molar-refractivity contribution in [2.75, 3.05) is 13.6 Å². The molecule has 3 nitrogen and oxygen atoms in total. The van der Waals surface area contributed by atoms with Crippen LogP contribution in [0.4, 0.5) is 8.78 Å². The van der Waals surface area contributed by atoms with Crippen LogP contribution in [0.3, 0.4) is 0 Å². The van der Waals surface area contributed by atoms with Gasteiger partial charge in [0.2, 0.25) is 5.91 Å². The predicted octanol–water partition coefficient (Wildman–Crippen LogP) is 2.33. The Bertz CT molecular complexity index is 452. The Morgan fingerprint density at radius 1 is 1.32 bits per heavy atom. The molecule has 0 aliphatic heterocycles. The first kappa shape index (κ1) is 17.8. The van der Waals surface area contributed by atoms with Crippen LogP contribution < -0.4 is 5.73 Å². The monoisotopic (exact) mass is 292 g/mol. The lowest BCUT2D eigenvalue weighted by atomic mass is 9.92. The number of benzene rings is 1. The molecule has 0 aliphatic rings. The van der Waals surface area contributed by atoms with Crippen molar-refractivity contribution >= 4 is 18.3 Å². The first-order chi connectivity index (χ1) is 8.27. The van der Waals surface area contributed by atoms with E-state index in [1.165, 1.54) is 11.0 Å². The summed E-state index contributed by atoms with van der Waals surface area (Å²) >= 11 is 0. The third-order valence-corrected chi connectivity index (χ3v) is 2.84. The number of hydrogen-bond acceptors (Lipinski definition) is 2. The van der Waals surface area contributed by atoms with Gasteiger partial charge in [-0.15, -0.1) is 12.4 Å². The molecule has 0 aromatic heterocycles. The summed E-state index contributed by atoms with van der Waals surface area (Å²) < 4.78 is 25.8. The minimum absolute atomic E-state index is 0. The quantitative estimate of drug-likeness (QED) is 0.926. The summed E-state index contributed by atoms with van der Waals surface area (Å²) in [5, 5.41) is 0. The van der Waals surface area contributed by atoms with Crippen LogP contribution in [-0.2, 0) is 11.3 Å². The molecule has 1 rings (SSSR count). The average Bonchev–Trinajstić information content (AvgIpc) is 2.32. The second kappa shape index (κ2) is 6.82. The van der Waals surface area contributed by atoms with Gasteiger partial charge in [0.15, 0.2) is 11.6 Å². The van der Waals surface area contributed by atoms with E-state index in [1.54, 1.807) is 20.9 Å². The van der Waals surface area contributed by atoms with Gasteiger partial charge >= 0.3 is 0 Å². The Labute approximate surface area is 118 Å². The first-order valence-electron chi connectivity index (χ1n) is 5.67. The Morgan fingerprint density at radius 2 is 1.89 bits per heavy atom. The highest BCUT2D eigenvalue weighted by Crippen LogP contribution is 2.18. The van der Waals surface area contributed by atoms with Crippen LogP contribution in [0.2, 0.25) is 0 Å². The summed E-state index contributed by atoms with van der Waals surface area (Å²) in [6.07, 6.45) is 0. The van der Waals surface area contributed by atoms with Crippen molar-refractivity contribution in [3.8, 4) is 0 Å². The van der Waals surface area contributed by atoms with Crippen LogP contribution in [0, 0.1) is 17.0 Å². The average molecular weight is 293 g/mol. The molecule has 0 bridgehead atoms. The first-order valence-corrected chi connectivity index (χ1v) is 5.67. The number of nitrogens with zero attached hydrogens (tertiary/aromatic N) is 1. The molecule has 0 unspecified atom stereocenters. The molecule has 1 aromatic rings. The van der Waals surface area contributed by atoms with Crippen LogP contribution >= 0.6 is 12.4 Å². The Kier molecular flexibility index (Phi) is 6.39. The van der Waals surface area contributed by atoms with Crippen molar-refractivity contribution < 1.29 is 13.6 Å². The number of carbonyl (C=O) groups excluding carboxylic acids is 1. The molecule has 0 atom stereocenters. The van der Waals surface area contributed by atoms with Crippen LogP contribution in [0.15, 0.2) is 18.2 Å². The number of nitrogens with two attached hydrogens (primary N) is 1. The van der Waals surface area contributed by atoms with E-state index in [2.05, 4.69) is 0 Å². The highest BCUT2D eigenvalue weighted by molar-refractivity contribution is 5.85. The fourth-order valence-electron chi connectivity index (χ4n) is 1.59. The molecule has 0 spiro atoms. The highest BCUT2D eigenvalue weighted by atomic mass is 35.5. The molecular formula is C13H19ClF2N2O. The molecule has 0 radical (unpaired) electrons. The van der Waals surface area contributed by atoms with E-state index in [-0.39, 0.29) is 31.4 Å². The molecule has 1 aromatic carbocycles. The molecule has 0 saturated carbocycles. The smallest absolute Gasteiger partial charge is 0.229 e. The van der Waals surface area contributed by atoms with Gasteiger partial charge in [0.25, 0.3) is 0 Å². The molecule has 0 saturated heterocycles. The number of rotatable bonds is 4. The molecule has 108 valence electrons. The summed E-state index contributed by atoms with van der Waals surface area (Å²) in [5.41, 5.74) is 5.41. The maximum Gasteiger partial charge on any atom is 0.229 e. The number of halogens is 3. The van der Waals surface area contributed by atoms with Gasteiger partial charge in [-0.1, -0.05) is 6.07 Å². The molecule has 0 heterocycles. The lowest BCUT2D eigenvalue weighted by Crippen LogP contribution is -2.42. The fraction of sp³-hybridized carbons (Fsp3) is 0.462. The molecule has 0 aliphatic carbocycles. The standard InChI is InChI=1S/C13H18F2N2O.ClH/c1-13(2,8-16)12(18)17(3)7-9-4-5-10(14)11(15)6-9;/h4-6H,7-8,16H2,1-3H3;1H. The predicted molar refractivity (Wildman–Crippen MR) is 72.9 cm³/mol. The van der Waals surface area contributed by atoms with Gasteiger partial charge < -0.3 is 10.6 Å². The Hall–Kier alpha value is -1.20. The van der Waals surface area contributed by atoms with Gasteiger partial charge in [0.05, 0.1) is 5.41 Å². The van der Waals surface area contributed by atoms with E-state index < -0.39 is 17.0 Å². The van der Waals surface area contributed by atoms with Crippen LogP contribution in [0.1, 0.15) is 19.4 Å². The van der Waals surface area contributed by atoms with Gasteiger partial charge in [-0.2, -0.15) is 0 Å². The van der Waals surface area contributed by atoms with Gasteiger partial charge in [0, 0.05) is 20.1 Å². The number of hydrogen-bond donors (Lipinski definition) is 1. The second-order valence-electron chi connectivity index (χ2n) is 5.00. The number of amides is 1. The summed E-state index contributed by atoms with van der Waals surface area (Å²) in [6.45, 7) is 3.95. The molecule has 19 heavy (non-hydrogen) atoms. The second-order valence-corrected chi connectivity index (χ2v) is 5.00. The van der Waals surface area contributed by atoms with E-state index >= 15 is 0 Å². The van der Waals surface area contributed by atoms with Crippen molar-refractivity contribution in [1.82, 2.24) is 4.90 Å². The lowest BCUT2D eigenvalue weighted by molar-refractivity contribution is -0.139. The van der Waals surface area contributed by atoms with E-state index in [1.807, 2.05) is 0 Å². The zero-order valence-electron chi connectivity index (χ0n) is 11.2. The number of carbonyl (C=O) groups is 1. The van der Waals surface area contributed by atoms with Crippen molar-refractivity contribution in [2.24, 2.45) is 11.1 Å². The SMILES string of the molecule is CN(Cc1ccc(F)c(F)c1)C(=O)C(C)(C)CN.Cl. The largest absolute Gasteiger partial charge is 0.341 e. The molecular weight excluding hydrogens is 274 g/mol. The summed E-state index contributed by atoms with van der Waals surface area (Å²) in [6, 6.07) is 3.60. The van der Waals surface area contributed by atoms with Gasteiger partial charge in [0.1, 0.15) is 0 Å². The van der Waals surface area contributed by atoms with Crippen molar-refractivity contribution in [2.45, 2.75) is 20.4 Å². The summed E-state index contributed by atoms with van der Waals surface area (Å²) in [4.78, 5) is 13.5. The molecule has 0 fully saturated rings. The highest BCUT2D eigenvalue weighted by Gasteiger charge is 2.28. The van der Waals surface area contributed by atoms with Crippen LogP contribution in [-0.4, -0.2) is 24.4 Å². The minimum Gasteiger partial charge on any atom is -0.341 e. The van der Waals surface area contributed by atoms with E-state index in [9.17, 15) is 13.6 Å². The van der Waals surface area contributed by atoms with Crippen LogP contribution in [0.5, 0.6) is 0 Å². The topological polar surface area (TPSA) is 46.3 Å². The van der Waals surface area contributed by atoms with Crippen molar-refractivity contribution in [3.63, 3.8) is 0 Å². The molecule has 2 N–H and O–H groups in total. The van der Waals surface area contributed by atoms with Crippen molar-refractivity contribution in [3.05, 3.63) is 35.4 Å². The maximum absolute atomic E-state index is 13.0. The van der Waals surface area contributed by atoms with Gasteiger partial charge in [-0.05, 0) is 31.5 Å². The van der Waals surface area contributed by atoms with Gasteiger partial charge in [-0.3, -0.25) is 4.79 Å². The normalized spacial score (nSPS) is 10.8. The zero-order valence-corrected chi connectivity index (χ0v) is 12.1. The Morgan fingerprint density at radius 3 is 2.37 bits per heavy atom. The lowest BCUT2D eigenvalue weighted by Gasteiger charge is -2.28. The van der Waals surface area contributed by atoms with E-state index in [4.69, 9.17) is 5.73 Å². The fourth-order valence-corrected chi connectivity index (χ4v) is 1.59.